The molecule has 0 amide bonds. The SMILES string of the molecule is [C-]#[N+]c1cc(-n2c3ccc(C#N)cc3c3cc(-n4c5ccccc5c5ccccc54)ccc32)ccc1-c1ccccc1-n1c2ccccc2c2ccccc21. The maximum atomic E-state index is 9.95. The Morgan fingerprint density at radius 2 is 0.855 bits per heavy atom. The minimum Gasteiger partial charge on any atom is -0.311 e. The minimum absolute atomic E-state index is 0.566. The Hall–Kier alpha value is -7.86. The van der Waals surface area contributed by atoms with Crippen molar-refractivity contribution in [3.8, 4) is 34.3 Å². The van der Waals surface area contributed by atoms with Crippen molar-refractivity contribution >= 4 is 71.1 Å². The monoisotopic (exact) mass is 699 g/mol. The van der Waals surface area contributed by atoms with Crippen LogP contribution in [0, 0.1) is 17.9 Å². The molecule has 3 aromatic heterocycles. The topological polar surface area (TPSA) is 42.9 Å². The lowest BCUT2D eigenvalue weighted by molar-refractivity contribution is 1.16. The maximum absolute atomic E-state index is 9.95. The van der Waals surface area contributed by atoms with Crippen molar-refractivity contribution < 1.29 is 0 Å². The Labute approximate surface area is 316 Å². The molecule has 5 heteroatoms. The molecule has 0 N–H and O–H groups in total. The molecule has 0 bridgehead atoms. The summed E-state index contributed by atoms with van der Waals surface area (Å²) in [6, 6.07) is 63.4. The van der Waals surface area contributed by atoms with Gasteiger partial charge in [-0.3, -0.25) is 0 Å². The Morgan fingerprint density at radius 1 is 0.400 bits per heavy atom. The van der Waals surface area contributed by atoms with Gasteiger partial charge in [0.1, 0.15) is 0 Å². The second-order valence-corrected chi connectivity index (χ2v) is 14.0. The molecule has 8 aromatic carbocycles. The standard InChI is InChI=1S/C50H29N5/c1-52-43-30-34(23-25-35(43)36-12-2-9-19-46(36)55-47-20-10-5-15-39(47)40-16-6-11-21-48(40)55)54-49-26-22-32(31-51)28-41(49)42-29-33(24-27-50(42)54)53-44-17-7-3-13-37(44)38-14-4-8-18-45(38)53/h2-30H. The normalized spacial score (nSPS) is 11.6. The van der Waals surface area contributed by atoms with Gasteiger partial charge in [-0.25, -0.2) is 4.85 Å². The van der Waals surface area contributed by atoms with E-state index in [1.807, 2.05) is 30.3 Å². The van der Waals surface area contributed by atoms with Crippen LogP contribution >= 0.6 is 0 Å². The number of aromatic nitrogens is 3. The summed E-state index contributed by atoms with van der Waals surface area (Å²) in [7, 11) is 0. The molecule has 0 aliphatic heterocycles. The average Bonchev–Trinajstić information content (AvgIpc) is 3.88. The third-order valence-electron chi connectivity index (χ3n) is 11.1. The second-order valence-electron chi connectivity index (χ2n) is 14.0. The number of rotatable bonds is 4. The van der Waals surface area contributed by atoms with Crippen LogP contribution in [0.1, 0.15) is 5.56 Å². The summed E-state index contributed by atoms with van der Waals surface area (Å²) in [6.07, 6.45) is 0. The van der Waals surface area contributed by atoms with Crippen molar-refractivity contribution in [3.63, 3.8) is 0 Å². The number of para-hydroxylation sites is 5. The van der Waals surface area contributed by atoms with Gasteiger partial charge in [-0.05, 0) is 90.0 Å². The molecule has 254 valence electrons. The highest BCUT2D eigenvalue weighted by molar-refractivity contribution is 6.13. The van der Waals surface area contributed by atoms with Gasteiger partial charge in [-0.15, -0.1) is 0 Å². The molecule has 0 spiro atoms. The molecule has 0 saturated carbocycles. The quantitative estimate of drug-likeness (QED) is 0.169. The van der Waals surface area contributed by atoms with Crippen molar-refractivity contribution in [1.29, 1.82) is 5.26 Å². The van der Waals surface area contributed by atoms with Crippen LogP contribution in [0.3, 0.4) is 0 Å². The Bertz CT molecular complexity index is 3360. The zero-order valence-corrected chi connectivity index (χ0v) is 29.5. The summed E-state index contributed by atoms with van der Waals surface area (Å²) >= 11 is 0. The number of nitrogens with zero attached hydrogens (tertiary/aromatic N) is 5. The van der Waals surface area contributed by atoms with E-state index < -0.39 is 0 Å². The van der Waals surface area contributed by atoms with Crippen molar-refractivity contribution in [3.05, 3.63) is 193 Å². The Kier molecular flexibility index (Phi) is 6.61. The van der Waals surface area contributed by atoms with Gasteiger partial charge in [0.25, 0.3) is 0 Å². The van der Waals surface area contributed by atoms with E-state index >= 15 is 0 Å². The molecule has 0 radical (unpaired) electrons. The van der Waals surface area contributed by atoms with Crippen molar-refractivity contribution in [2.45, 2.75) is 0 Å². The van der Waals surface area contributed by atoms with Crippen molar-refractivity contribution in [1.82, 2.24) is 13.7 Å². The molecular formula is C50H29N5. The van der Waals surface area contributed by atoms with E-state index in [1.165, 1.54) is 21.5 Å². The number of hydrogen-bond donors (Lipinski definition) is 0. The van der Waals surface area contributed by atoms with Crippen LogP contribution in [-0.2, 0) is 0 Å². The zero-order valence-electron chi connectivity index (χ0n) is 29.5. The first kappa shape index (κ1) is 30.7. The van der Waals surface area contributed by atoms with Gasteiger partial charge >= 0.3 is 0 Å². The summed E-state index contributed by atoms with van der Waals surface area (Å²) in [4.78, 5) is 4.14. The smallest absolute Gasteiger partial charge is 0.197 e. The van der Waals surface area contributed by atoms with Crippen LogP contribution in [0.25, 0.3) is 98.5 Å². The van der Waals surface area contributed by atoms with Crippen LogP contribution in [0.4, 0.5) is 5.69 Å². The molecule has 5 nitrogen and oxygen atoms in total. The van der Waals surface area contributed by atoms with Gasteiger partial charge in [0, 0.05) is 43.7 Å². The lowest BCUT2D eigenvalue weighted by atomic mass is 10.0. The van der Waals surface area contributed by atoms with Gasteiger partial charge in [0.2, 0.25) is 0 Å². The Morgan fingerprint density at radius 3 is 1.44 bits per heavy atom. The fraction of sp³-hybridized carbons (Fsp3) is 0. The van der Waals surface area contributed by atoms with Gasteiger partial charge in [-0.2, -0.15) is 5.26 Å². The van der Waals surface area contributed by atoms with Crippen molar-refractivity contribution in [2.24, 2.45) is 0 Å². The Balaban J connectivity index is 1.12. The predicted molar refractivity (Wildman–Crippen MR) is 226 cm³/mol. The molecule has 0 aliphatic rings. The van der Waals surface area contributed by atoms with Crippen LogP contribution < -0.4 is 0 Å². The third kappa shape index (κ3) is 4.45. The van der Waals surface area contributed by atoms with E-state index in [0.29, 0.717) is 11.3 Å². The summed E-state index contributed by atoms with van der Waals surface area (Å²) in [5.74, 6) is 0. The fourth-order valence-electron chi connectivity index (χ4n) is 8.76. The van der Waals surface area contributed by atoms with Crippen LogP contribution in [-0.4, -0.2) is 13.7 Å². The molecular weight excluding hydrogens is 671 g/mol. The molecule has 0 fully saturated rings. The molecule has 11 rings (SSSR count). The van der Waals surface area contributed by atoms with Crippen LogP contribution in [0.2, 0.25) is 0 Å². The molecule has 0 saturated heterocycles. The van der Waals surface area contributed by atoms with Crippen LogP contribution in [0.5, 0.6) is 0 Å². The summed E-state index contributed by atoms with van der Waals surface area (Å²) in [6.45, 7) is 8.45. The molecule has 0 atom stereocenters. The number of fused-ring (bicyclic) bond motifs is 9. The predicted octanol–water partition coefficient (Wildman–Crippen LogP) is 13.1. The van der Waals surface area contributed by atoms with Gasteiger partial charge < -0.3 is 13.7 Å². The van der Waals surface area contributed by atoms with Crippen LogP contribution in [0.15, 0.2) is 176 Å². The summed E-state index contributed by atoms with van der Waals surface area (Å²) in [5.41, 5.74) is 12.5. The first-order valence-corrected chi connectivity index (χ1v) is 18.3. The van der Waals surface area contributed by atoms with Gasteiger partial charge in [0.05, 0.1) is 57.0 Å². The van der Waals surface area contributed by atoms with E-state index in [0.717, 1.165) is 72.1 Å². The molecule has 0 unspecified atom stereocenters. The fourth-order valence-corrected chi connectivity index (χ4v) is 8.76. The molecule has 11 aromatic rings. The number of nitriles is 1. The van der Waals surface area contributed by atoms with E-state index in [1.54, 1.807) is 0 Å². The average molecular weight is 700 g/mol. The lowest BCUT2D eigenvalue weighted by Crippen LogP contribution is -1.98. The molecule has 0 aliphatic carbocycles. The molecule has 3 heterocycles. The highest BCUT2D eigenvalue weighted by atomic mass is 15.0. The minimum atomic E-state index is 0.566. The van der Waals surface area contributed by atoms with E-state index in [4.69, 9.17) is 6.57 Å². The number of hydrogen-bond acceptors (Lipinski definition) is 1. The summed E-state index contributed by atoms with van der Waals surface area (Å²) < 4.78 is 6.86. The summed E-state index contributed by atoms with van der Waals surface area (Å²) in [5, 5.41) is 16.8. The highest BCUT2D eigenvalue weighted by Gasteiger charge is 2.20. The van der Waals surface area contributed by atoms with Gasteiger partial charge in [0.15, 0.2) is 5.69 Å². The highest BCUT2D eigenvalue weighted by Crippen LogP contribution is 2.42. The number of benzene rings is 8. The van der Waals surface area contributed by atoms with E-state index in [-0.39, 0.29) is 0 Å². The first-order chi connectivity index (χ1) is 27.2. The second kappa shape index (κ2) is 11.8. The van der Waals surface area contributed by atoms with E-state index in [9.17, 15) is 5.26 Å². The van der Waals surface area contributed by atoms with Crippen molar-refractivity contribution in [2.75, 3.05) is 0 Å². The largest absolute Gasteiger partial charge is 0.311 e. The third-order valence-corrected chi connectivity index (χ3v) is 11.1. The van der Waals surface area contributed by atoms with E-state index in [2.05, 4.69) is 170 Å². The zero-order chi connectivity index (χ0) is 36.6. The van der Waals surface area contributed by atoms with Gasteiger partial charge in [-0.1, -0.05) is 97.1 Å². The lowest BCUT2D eigenvalue weighted by Gasteiger charge is -2.16. The molecule has 55 heavy (non-hydrogen) atoms. The maximum Gasteiger partial charge on any atom is 0.197 e. The first-order valence-electron chi connectivity index (χ1n) is 18.3.